The van der Waals surface area contributed by atoms with Crippen LogP contribution in [0.3, 0.4) is 0 Å². The summed E-state index contributed by atoms with van der Waals surface area (Å²) in [6.45, 7) is 7.43. The summed E-state index contributed by atoms with van der Waals surface area (Å²) in [4.78, 5) is 26.4. The van der Waals surface area contributed by atoms with Crippen LogP contribution in [0.25, 0.3) is 11.1 Å². The molecule has 0 amide bonds. The third-order valence-electron chi connectivity index (χ3n) is 6.07. The molecular weight excluding hydrogens is 391 g/mol. The van der Waals surface area contributed by atoms with Crippen molar-refractivity contribution in [2.24, 2.45) is 0 Å². The lowest BCUT2D eigenvalue weighted by Gasteiger charge is -2.42. The van der Waals surface area contributed by atoms with Gasteiger partial charge in [-0.3, -0.25) is 9.59 Å². The Labute approximate surface area is 171 Å². The van der Waals surface area contributed by atoms with Gasteiger partial charge < -0.3 is 0 Å². The van der Waals surface area contributed by atoms with Crippen LogP contribution in [0.2, 0.25) is 0 Å². The SMILES string of the molecule is CCc1cc(-c2ccc(F)cc2)ccc1C1C(=O)C(C)(C)S(=O)(=O)C(C)(C)C1=O. The van der Waals surface area contributed by atoms with E-state index >= 15 is 0 Å². The van der Waals surface area contributed by atoms with Gasteiger partial charge in [-0.25, -0.2) is 12.8 Å². The second kappa shape index (κ2) is 6.87. The zero-order chi connectivity index (χ0) is 21.8. The van der Waals surface area contributed by atoms with Crippen molar-refractivity contribution in [3.05, 3.63) is 59.4 Å². The smallest absolute Gasteiger partial charge is 0.174 e. The summed E-state index contributed by atoms with van der Waals surface area (Å²) >= 11 is 0. The highest BCUT2D eigenvalue weighted by Crippen LogP contribution is 2.44. The van der Waals surface area contributed by atoms with E-state index < -0.39 is 36.8 Å². The molecule has 0 radical (unpaired) electrons. The molecule has 0 aromatic heterocycles. The predicted molar refractivity (Wildman–Crippen MR) is 111 cm³/mol. The van der Waals surface area contributed by atoms with Gasteiger partial charge in [0.05, 0.1) is 0 Å². The maximum Gasteiger partial charge on any atom is 0.174 e. The van der Waals surface area contributed by atoms with E-state index in [0.717, 1.165) is 16.7 Å². The molecule has 0 saturated carbocycles. The number of benzene rings is 2. The van der Waals surface area contributed by atoms with Gasteiger partial charge in [0.2, 0.25) is 0 Å². The monoisotopic (exact) mass is 416 g/mol. The Morgan fingerprint density at radius 3 is 1.83 bits per heavy atom. The number of hydrogen-bond acceptors (Lipinski definition) is 4. The van der Waals surface area contributed by atoms with E-state index in [1.165, 1.54) is 39.8 Å². The molecule has 3 rings (SSSR count). The van der Waals surface area contributed by atoms with E-state index in [-0.39, 0.29) is 5.82 Å². The van der Waals surface area contributed by atoms with Crippen molar-refractivity contribution < 1.29 is 22.4 Å². The lowest BCUT2D eigenvalue weighted by molar-refractivity contribution is -0.132. The van der Waals surface area contributed by atoms with Crippen molar-refractivity contribution in [2.45, 2.75) is 56.5 Å². The van der Waals surface area contributed by atoms with Crippen LogP contribution in [0, 0.1) is 5.82 Å². The van der Waals surface area contributed by atoms with E-state index in [0.29, 0.717) is 12.0 Å². The number of ketones is 2. The van der Waals surface area contributed by atoms with E-state index in [1.807, 2.05) is 13.0 Å². The van der Waals surface area contributed by atoms with Crippen LogP contribution in [0.15, 0.2) is 42.5 Å². The van der Waals surface area contributed by atoms with Crippen LogP contribution < -0.4 is 0 Å². The molecule has 2 aromatic carbocycles. The fraction of sp³-hybridized carbons (Fsp3) is 0.391. The van der Waals surface area contributed by atoms with E-state index in [4.69, 9.17) is 0 Å². The lowest BCUT2D eigenvalue weighted by atomic mass is 9.78. The van der Waals surface area contributed by atoms with E-state index in [1.54, 1.807) is 24.3 Å². The zero-order valence-corrected chi connectivity index (χ0v) is 18.1. The first kappa shape index (κ1) is 21.4. The van der Waals surface area contributed by atoms with Crippen molar-refractivity contribution in [1.29, 1.82) is 0 Å². The molecule has 0 unspecified atom stereocenters. The predicted octanol–water partition coefficient (Wildman–Crippen LogP) is 4.26. The third kappa shape index (κ3) is 3.05. The van der Waals surface area contributed by atoms with Crippen LogP contribution >= 0.6 is 0 Å². The Kier molecular flexibility index (Phi) is 5.06. The topological polar surface area (TPSA) is 68.3 Å². The van der Waals surface area contributed by atoms with E-state index in [2.05, 4.69) is 0 Å². The van der Waals surface area contributed by atoms with Crippen molar-refractivity contribution in [3.63, 3.8) is 0 Å². The Morgan fingerprint density at radius 1 is 0.862 bits per heavy atom. The molecule has 0 atom stereocenters. The lowest BCUT2D eigenvalue weighted by Crippen LogP contribution is -2.63. The fourth-order valence-electron chi connectivity index (χ4n) is 4.01. The number of rotatable bonds is 3. The maximum absolute atomic E-state index is 13.2. The second-order valence-electron chi connectivity index (χ2n) is 8.46. The summed E-state index contributed by atoms with van der Waals surface area (Å²) in [6.07, 6.45) is 0.565. The molecule has 0 aliphatic carbocycles. The average Bonchev–Trinajstić information content (AvgIpc) is 2.67. The van der Waals surface area contributed by atoms with Crippen LogP contribution in [0.5, 0.6) is 0 Å². The molecule has 1 heterocycles. The highest BCUT2D eigenvalue weighted by Gasteiger charge is 2.63. The molecule has 29 heavy (non-hydrogen) atoms. The highest BCUT2D eigenvalue weighted by molar-refractivity contribution is 7.95. The summed E-state index contributed by atoms with van der Waals surface area (Å²) < 4.78 is 35.7. The molecule has 1 aliphatic heterocycles. The summed E-state index contributed by atoms with van der Waals surface area (Å²) in [5.74, 6) is -2.64. The van der Waals surface area contributed by atoms with Gasteiger partial charge in [0.15, 0.2) is 21.4 Å². The van der Waals surface area contributed by atoms with Gasteiger partial charge in [-0.1, -0.05) is 37.3 Å². The van der Waals surface area contributed by atoms with Crippen molar-refractivity contribution in [1.82, 2.24) is 0 Å². The van der Waals surface area contributed by atoms with Gasteiger partial charge >= 0.3 is 0 Å². The Bertz CT molecular complexity index is 1060. The molecule has 2 aromatic rings. The maximum atomic E-state index is 13.2. The first-order valence-corrected chi connectivity index (χ1v) is 11.1. The van der Waals surface area contributed by atoms with Crippen LogP contribution in [-0.4, -0.2) is 29.5 Å². The summed E-state index contributed by atoms with van der Waals surface area (Å²) in [5, 5.41) is 0. The quantitative estimate of drug-likeness (QED) is 0.701. The molecule has 1 aliphatic rings. The van der Waals surface area contributed by atoms with Crippen molar-refractivity contribution in [3.8, 4) is 11.1 Å². The van der Waals surface area contributed by atoms with E-state index in [9.17, 15) is 22.4 Å². The minimum absolute atomic E-state index is 0.329. The molecule has 154 valence electrons. The molecule has 6 heteroatoms. The first-order valence-electron chi connectivity index (χ1n) is 9.57. The van der Waals surface area contributed by atoms with Gasteiger partial charge in [-0.15, -0.1) is 0 Å². The summed E-state index contributed by atoms with van der Waals surface area (Å²) in [6, 6.07) is 11.5. The van der Waals surface area contributed by atoms with Crippen LogP contribution in [-0.2, 0) is 25.8 Å². The standard InChI is InChI=1S/C23H25FO4S/c1-6-14-13-16(15-7-10-17(24)11-8-15)9-12-18(14)19-20(25)22(2,3)29(27,28)23(4,5)21(19)26/h7-13,19H,6H2,1-5H3. The Morgan fingerprint density at radius 2 is 1.34 bits per heavy atom. The number of Topliss-reactive ketones (excluding diaryl/α,β-unsaturated/α-hetero) is 2. The van der Waals surface area contributed by atoms with Gasteiger partial charge in [0.1, 0.15) is 21.2 Å². The number of carbonyl (C=O) groups is 2. The minimum Gasteiger partial charge on any atom is -0.297 e. The number of hydrogen-bond donors (Lipinski definition) is 0. The summed E-state index contributed by atoms with van der Waals surface area (Å²) in [7, 11) is -3.99. The van der Waals surface area contributed by atoms with Crippen molar-refractivity contribution in [2.75, 3.05) is 0 Å². The van der Waals surface area contributed by atoms with Gasteiger partial charge in [-0.05, 0) is 68.5 Å². The van der Waals surface area contributed by atoms with Crippen molar-refractivity contribution >= 4 is 21.4 Å². The largest absolute Gasteiger partial charge is 0.297 e. The molecule has 0 bridgehead atoms. The van der Waals surface area contributed by atoms with Crippen LogP contribution in [0.1, 0.15) is 51.7 Å². The van der Waals surface area contributed by atoms with Crippen LogP contribution in [0.4, 0.5) is 4.39 Å². The molecule has 1 saturated heterocycles. The highest BCUT2D eigenvalue weighted by atomic mass is 32.2. The molecule has 0 spiro atoms. The average molecular weight is 417 g/mol. The van der Waals surface area contributed by atoms with Gasteiger partial charge in [-0.2, -0.15) is 0 Å². The third-order valence-corrected chi connectivity index (χ3v) is 9.16. The second-order valence-corrected chi connectivity index (χ2v) is 11.5. The molecule has 1 fully saturated rings. The molecule has 4 nitrogen and oxygen atoms in total. The molecular formula is C23H25FO4S. The number of sulfone groups is 1. The Balaban J connectivity index is 2.16. The van der Waals surface area contributed by atoms with Gasteiger partial charge in [0, 0.05) is 0 Å². The zero-order valence-electron chi connectivity index (χ0n) is 17.2. The Hall–Kier alpha value is -2.34. The number of halogens is 1. The van der Waals surface area contributed by atoms with Gasteiger partial charge in [0.25, 0.3) is 0 Å². The number of aryl methyl sites for hydroxylation is 1. The normalized spacial score (nSPS) is 20.6. The summed E-state index contributed by atoms with van der Waals surface area (Å²) in [5.41, 5.74) is 3.00. The number of carbonyl (C=O) groups excluding carboxylic acids is 2. The minimum atomic E-state index is -3.99. The molecule has 0 N–H and O–H groups in total. The first-order chi connectivity index (χ1) is 13.4. The fourth-order valence-corrected chi connectivity index (χ4v) is 6.06.